The molecule has 1 aromatic carbocycles. The Morgan fingerprint density at radius 1 is 1.38 bits per heavy atom. The zero-order valence-corrected chi connectivity index (χ0v) is 10.9. The van der Waals surface area contributed by atoms with Gasteiger partial charge in [-0.25, -0.2) is 0 Å². The molecule has 0 amide bonds. The molecule has 0 saturated carbocycles. The summed E-state index contributed by atoms with van der Waals surface area (Å²) >= 11 is 1.93. The number of thioether (sulfide) groups is 1. The molecule has 0 spiro atoms. The second-order valence-corrected chi connectivity index (χ2v) is 5.72. The van der Waals surface area contributed by atoms with Crippen molar-refractivity contribution in [2.24, 2.45) is 5.73 Å². The van der Waals surface area contributed by atoms with Crippen molar-refractivity contribution in [1.82, 2.24) is 0 Å². The van der Waals surface area contributed by atoms with Crippen molar-refractivity contribution in [2.75, 3.05) is 18.6 Å². The van der Waals surface area contributed by atoms with Crippen LogP contribution in [0, 0.1) is 0 Å². The van der Waals surface area contributed by atoms with Crippen LogP contribution in [0.3, 0.4) is 0 Å². The summed E-state index contributed by atoms with van der Waals surface area (Å²) in [5.41, 5.74) is 9.39. The van der Waals surface area contributed by atoms with Gasteiger partial charge in [0, 0.05) is 12.0 Å². The molecule has 0 heterocycles. The maximum Gasteiger partial charge on any atom is 0.00817 e. The average Bonchev–Trinajstić information content (AvgIpc) is 2.70. The highest BCUT2D eigenvalue weighted by molar-refractivity contribution is 7.98. The van der Waals surface area contributed by atoms with Crippen LogP contribution in [0.2, 0.25) is 0 Å². The lowest BCUT2D eigenvalue weighted by atomic mass is 9.78. The number of benzene rings is 1. The highest BCUT2D eigenvalue weighted by Gasteiger charge is 2.36. The van der Waals surface area contributed by atoms with E-state index in [0.717, 1.165) is 6.54 Å². The Kier molecular flexibility index (Phi) is 3.93. The third kappa shape index (κ3) is 2.14. The molecule has 1 atom stereocenters. The summed E-state index contributed by atoms with van der Waals surface area (Å²) in [5, 5.41) is 0. The first kappa shape index (κ1) is 12.0. The summed E-state index contributed by atoms with van der Waals surface area (Å²) in [7, 11) is 0. The molecule has 2 heteroatoms. The lowest BCUT2D eigenvalue weighted by molar-refractivity contribution is 0.398. The fourth-order valence-corrected chi connectivity index (χ4v) is 3.33. The second-order valence-electron chi connectivity index (χ2n) is 4.74. The normalized spacial score (nSPS) is 23.4. The average molecular weight is 235 g/mol. The van der Waals surface area contributed by atoms with Gasteiger partial charge < -0.3 is 5.73 Å². The first-order valence-electron chi connectivity index (χ1n) is 6.10. The van der Waals surface area contributed by atoms with Crippen molar-refractivity contribution in [3.63, 3.8) is 0 Å². The van der Waals surface area contributed by atoms with E-state index in [0.29, 0.717) is 0 Å². The first-order chi connectivity index (χ1) is 7.82. The standard InChI is InChI=1S/C14H21NS/c1-16-10-4-8-14(11-15)9-7-12-5-2-3-6-13(12)14/h2-3,5-6H,4,7-11,15H2,1H3. The van der Waals surface area contributed by atoms with Crippen molar-refractivity contribution in [1.29, 1.82) is 0 Å². The monoisotopic (exact) mass is 235 g/mol. The fraction of sp³-hybridized carbons (Fsp3) is 0.571. The molecule has 0 fully saturated rings. The molecule has 0 aromatic heterocycles. The van der Waals surface area contributed by atoms with Crippen molar-refractivity contribution in [3.8, 4) is 0 Å². The predicted molar refractivity (Wildman–Crippen MR) is 73.1 cm³/mol. The number of rotatable bonds is 5. The van der Waals surface area contributed by atoms with E-state index in [1.807, 2.05) is 11.8 Å². The van der Waals surface area contributed by atoms with Crippen LogP contribution in [0.5, 0.6) is 0 Å². The Hall–Kier alpha value is -0.470. The largest absolute Gasteiger partial charge is 0.330 e. The minimum atomic E-state index is 0.284. The minimum absolute atomic E-state index is 0.284. The van der Waals surface area contributed by atoms with Gasteiger partial charge in [0.25, 0.3) is 0 Å². The topological polar surface area (TPSA) is 26.0 Å². The van der Waals surface area contributed by atoms with Gasteiger partial charge in [-0.05, 0) is 48.8 Å². The molecule has 1 unspecified atom stereocenters. The number of aryl methyl sites for hydroxylation is 1. The maximum absolute atomic E-state index is 6.06. The van der Waals surface area contributed by atoms with Crippen molar-refractivity contribution < 1.29 is 0 Å². The van der Waals surface area contributed by atoms with Crippen LogP contribution < -0.4 is 5.73 Å². The van der Waals surface area contributed by atoms with Crippen LogP contribution in [0.1, 0.15) is 30.4 Å². The lowest BCUT2D eigenvalue weighted by Crippen LogP contribution is -2.33. The molecular weight excluding hydrogens is 214 g/mol. The summed E-state index contributed by atoms with van der Waals surface area (Å²) < 4.78 is 0. The van der Waals surface area contributed by atoms with E-state index in [9.17, 15) is 0 Å². The van der Waals surface area contributed by atoms with Crippen LogP contribution in [0.15, 0.2) is 24.3 Å². The molecule has 0 aliphatic heterocycles. The van der Waals surface area contributed by atoms with Gasteiger partial charge in [0.1, 0.15) is 0 Å². The Bertz CT molecular complexity index is 350. The van der Waals surface area contributed by atoms with Crippen LogP contribution in [-0.4, -0.2) is 18.6 Å². The van der Waals surface area contributed by atoms with Gasteiger partial charge >= 0.3 is 0 Å². The third-order valence-corrected chi connectivity index (χ3v) is 4.55. The molecule has 0 radical (unpaired) electrons. The quantitative estimate of drug-likeness (QED) is 0.794. The van der Waals surface area contributed by atoms with Gasteiger partial charge in [0.15, 0.2) is 0 Å². The fourth-order valence-electron chi connectivity index (χ4n) is 2.89. The summed E-state index contributed by atoms with van der Waals surface area (Å²) in [6, 6.07) is 8.85. The van der Waals surface area contributed by atoms with Crippen LogP contribution >= 0.6 is 11.8 Å². The first-order valence-corrected chi connectivity index (χ1v) is 7.49. The SMILES string of the molecule is CSCCCC1(CN)CCc2ccccc21. The molecule has 1 aliphatic carbocycles. The highest BCUT2D eigenvalue weighted by Crippen LogP contribution is 2.41. The zero-order valence-electron chi connectivity index (χ0n) is 10.0. The minimum Gasteiger partial charge on any atom is -0.330 e. The molecule has 2 rings (SSSR count). The third-order valence-electron chi connectivity index (χ3n) is 3.86. The van der Waals surface area contributed by atoms with Crippen LogP contribution in [0.25, 0.3) is 0 Å². The zero-order chi connectivity index (χ0) is 11.4. The smallest absolute Gasteiger partial charge is 0.00817 e. The van der Waals surface area contributed by atoms with E-state index in [-0.39, 0.29) is 5.41 Å². The molecule has 1 aliphatic rings. The van der Waals surface area contributed by atoms with E-state index < -0.39 is 0 Å². The molecule has 1 nitrogen and oxygen atoms in total. The molecule has 0 bridgehead atoms. The van der Waals surface area contributed by atoms with E-state index in [1.54, 1.807) is 0 Å². The van der Waals surface area contributed by atoms with Crippen LogP contribution in [-0.2, 0) is 11.8 Å². The summed E-state index contributed by atoms with van der Waals surface area (Å²) in [5.74, 6) is 1.25. The molecule has 88 valence electrons. The molecule has 16 heavy (non-hydrogen) atoms. The lowest BCUT2D eigenvalue weighted by Gasteiger charge is -2.29. The van der Waals surface area contributed by atoms with E-state index in [1.165, 1.54) is 42.6 Å². The summed E-state index contributed by atoms with van der Waals surface area (Å²) in [6.45, 7) is 0.804. The van der Waals surface area contributed by atoms with Gasteiger partial charge in [-0.1, -0.05) is 24.3 Å². The second kappa shape index (κ2) is 5.24. The van der Waals surface area contributed by atoms with Gasteiger partial charge in [-0.3, -0.25) is 0 Å². The predicted octanol–water partition coefficient (Wildman–Crippen LogP) is 2.97. The van der Waals surface area contributed by atoms with Gasteiger partial charge in [-0.15, -0.1) is 0 Å². The summed E-state index contributed by atoms with van der Waals surface area (Å²) in [4.78, 5) is 0. The number of hydrogen-bond donors (Lipinski definition) is 1. The molecular formula is C14H21NS. The number of nitrogens with two attached hydrogens (primary N) is 1. The molecule has 1 aromatic rings. The van der Waals surface area contributed by atoms with Gasteiger partial charge in [0.2, 0.25) is 0 Å². The molecule has 0 saturated heterocycles. The van der Waals surface area contributed by atoms with Crippen molar-refractivity contribution >= 4 is 11.8 Å². The Labute approximate surface area is 103 Å². The van der Waals surface area contributed by atoms with Gasteiger partial charge in [0.05, 0.1) is 0 Å². The van der Waals surface area contributed by atoms with E-state index >= 15 is 0 Å². The Morgan fingerprint density at radius 3 is 2.94 bits per heavy atom. The van der Waals surface area contributed by atoms with E-state index in [2.05, 4.69) is 30.5 Å². The Morgan fingerprint density at radius 2 is 2.19 bits per heavy atom. The Balaban J connectivity index is 2.17. The number of hydrogen-bond acceptors (Lipinski definition) is 2. The van der Waals surface area contributed by atoms with Crippen molar-refractivity contribution in [2.45, 2.75) is 31.1 Å². The maximum atomic E-state index is 6.06. The van der Waals surface area contributed by atoms with Crippen molar-refractivity contribution in [3.05, 3.63) is 35.4 Å². The summed E-state index contributed by atoms with van der Waals surface area (Å²) in [6.07, 6.45) is 7.18. The van der Waals surface area contributed by atoms with E-state index in [4.69, 9.17) is 5.73 Å². The molecule has 2 N–H and O–H groups in total. The highest BCUT2D eigenvalue weighted by atomic mass is 32.2. The van der Waals surface area contributed by atoms with Gasteiger partial charge in [-0.2, -0.15) is 11.8 Å². The van der Waals surface area contributed by atoms with Crippen LogP contribution in [0.4, 0.5) is 0 Å². The number of fused-ring (bicyclic) bond motifs is 1.